The molecule has 0 aliphatic rings. The second-order valence-corrected chi connectivity index (χ2v) is 6.68. The van der Waals surface area contributed by atoms with Crippen molar-refractivity contribution in [3.8, 4) is 0 Å². The summed E-state index contributed by atoms with van der Waals surface area (Å²) in [6.45, 7) is 1.61. The molecule has 0 radical (unpaired) electrons. The molecule has 1 heterocycles. The van der Waals surface area contributed by atoms with Gasteiger partial charge in [-0.15, -0.1) is 0 Å². The highest BCUT2D eigenvalue weighted by molar-refractivity contribution is 7.91. The summed E-state index contributed by atoms with van der Waals surface area (Å²) in [5, 5.41) is -0.0737. The first-order valence-corrected chi connectivity index (χ1v) is 7.18. The Balaban J connectivity index is 2.80. The fraction of sp³-hybridized carbons (Fsp3) is 0.500. The number of hydrogen-bond donors (Lipinski definition) is 1. The normalized spacial score (nSPS) is 15.8. The van der Waals surface area contributed by atoms with Crippen LogP contribution in [0.25, 0.3) is 0 Å². The van der Waals surface area contributed by atoms with Crippen molar-refractivity contribution in [2.45, 2.75) is 24.6 Å². The van der Waals surface area contributed by atoms with E-state index in [2.05, 4.69) is 4.98 Å². The third-order valence-corrected chi connectivity index (χ3v) is 4.63. The molecule has 1 rings (SSSR count). The third-order valence-electron chi connectivity index (χ3n) is 2.59. The predicted molar refractivity (Wildman–Crippen MR) is 65.2 cm³/mol. The van der Waals surface area contributed by atoms with E-state index in [-0.39, 0.29) is 0 Å². The molecular weight excluding hydrogens is 248 g/mol. The Kier molecular flexibility index (Phi) is 4.29. The van der Waals surface area contributed by atoms with Crippen molar-refractivity contribution >= 4 is 21.4 Å². The van der Waals surface area contributed by atoms with Crippen LogP contribution in [-0.2, 0) is 16.3 Å². The molecule has 4 nitrogen and oxygen atoms in total. The summed E-state index contributed by atoms with van der Waals surface area (Å²) in [5.74, 6) is 0. The van der Waals surface area contributed by atoms with Gasteiger partial charge in [0.2, 0.25) is 0 Å². The van der Waals surface area contributed by atoms with E-state index < -0.39 is 21.1 Å². The van der Waals surface area contributed by atoms with Gasteiger partial charge in [-0.1, -0.05) is 11.6 Å². The monoisotopic (exact) mass is 262 g/mol. The van der Waals surface area contributed by atoms with E-state index in [4.69, 9.17) is 17.3 Å². The Bertz CT molecular complexity index is 462. The van der Waals surface area contributed by atoms with Gasteiger partial charge in [0.1, 0.15) is 0 Å². The van der Waals surface area contributed by atoms with Crippen molar-refractivity contribution in [2.75, 3.05) is 6.26 Å². The molecule has 90 valence electrons. The molecule has 2 unspecified atom stereocenters. The minimum absolute atomic E-state index is 0.426. The van der Waals surface area contributed by atoms with Gasteiger partial charge >= 0.3 is 0 Å². The van der Waals surface area contributed by atoms with Crippen LogP contribution in [0, 0.1) is 0 Å². The Labute approximate surface area is 101 Å². The van der Waals surface area contributed by atoms with Crippen LogP contribution in [0.4, 0.5) is 0 Å². The fourth-order valence-electron chi connectivity index (χ4n) is 1.31. The van der Waals surface area contributed by atoms with Crippen molar-refractivity contribution in [3.63, 3.8) is 0 Å². The van der Waals surface area contributed by atoms with Crippen molar-refractivity contribution in [3.05, 3.63) is 29.0 Å². The second-order valence-electron chi connectivity index (χ2n) is 3.87. The van der Waals surface area contributed by atoms with Crippen LogP contribution >= 0.6 is 11.6 Å². The topological polar surface area (TPSA) is 73.0 Å². The molecule has 0 aliphatic heterocycles. The molecule has 0 aliphatic carbocycles. The average molecular weight is 263 g/mol. The lowest BCUT2D eigenvalue weighted by Crippen LogP contribution is -2.39. The van der Waals surface area contributed by atoms with Gasteiger partial charge in [-0.3, -0.25) is 4.98 Å². The van der Waals surface area contributed by atoms with Gasteiger partial charge in [0.15, 0.2) is 9.84 Å². The van der Waals surface area contributed by atoms with Gasteiger partial charge in [0.25, 0.3) is 0 Å². The number of nitrogens with zero attached hydrogens (tertiary/aromatic N) is 1. The number of pyridine rings is 1. The molecule has 0 aromatic carbocycles. The molecule has 0 amide bonds. The van der Waals surface area contributed by atoms with E-state index in [1.807, 2.05) is 0 Å². The Morgan fingerprint density at radius 3 is 2.69 bits per heavy atom. The second kappa shape index (κ2) is 5.12. The number of halogens is 1. The van der Waals surface area contributed by atoms with Gasteiger partial charge in [-0.25, -0.2) is 8.42 Å². The minimum Gasteiger partial charge on any atom is -0.326 e. The summed E-state index contributed by atoms with van der Waals surface area (Å²) in [6.07, 6.45) is 4.75. The summed E-state index contributed by atoms with van der Waals surface area (Å²) >= 11 is 5.92. The van der Waals surface area contributed by atoms with Crippen LogP contribution in [0.15, 0.2) is 18.5 Å². The Morgan fingerprint density at radius 1 is 1.56 bits per heavy atom. The highest BCUT2D eigenvalue weighted by Gasteiger charge is 2.23. The van der Waals surface area contributed by atoms with Gasteiger partial charge < -0.3 is 5.73 Å². The third kappa shape index (κ3) is 3.43. The van der Waals surface area contributed by atoms with Crippen molar-refractivity contribution < 1.29 is 8.42 Å². The lowest BCUT2D eigenvalue weighted by Gasteiger charge is -2.18. The molecule has 0 bridgehead atoms. The average Bonchev–Trinajstić information content (AvgIpc) is 2.19. The van der Waals surface area contributed by atoms with E-state index in [0.717, 1.165) is 5.56 Å². The van der Waals surface area contributed by atoms with Crippen LogP contribution in [0.5, 0.6) is 0 Å². The summed E-state index contributed by atoms with van der Waals surface area (Å²) < 4.78 is 22.6. The maximum Gasteiger partial charge on any atom is 0.151 e. The molecule has 0 fully saturated rings. The zero-order valence-corrected chi connectivity index (χ0v) is 10.8. The lowest BCUT2D eigenvalue weighted by atomic mass is 10.1. The maximum atomic E-state index is 11.3. The van der Waals surface area contributed by atoms with Crippen LogP contribution in [-0.4, -0.2) is 30.9 Å². The van der Waals surface area contributed by atoms with Crippen LogP contribution < -0.4 is 5.73 Å². The van der Waals surface area contributed by atoms with Crippen molar-refractivity contribution in [2.24, 2.45) is 5.73 Å². The summed E-state index contributed by atoms with van der Waals surface area (Å²) in [5.41, 5.74) is 6.67. The quantitative estimate of drug-likeness (QED) is 0.880. The molecule has 2 atom stereocenters. The largest absolute Gasteiger partial charge is 0.326 e. The van der Waals surface area contributed by atoms with E-state index >= 15 is 0 Å². The van der Waals surface area contributed by atoms with Crippen LogP contribution in [0.3, 0.4) is 0 Å². The number of aromatic nitrogens is 1. The predicted octanol–water partition coefficient (Wildman–Crippen LogP) is 1.04. The number of rotatable bonds is 4. The maximum absolute atomic E-state index is 11.3. The van der Waals surface area contributed by atoms with E-state index in [0.29, 0.717) is 11.4 Å². The molecule has 0 spiro atoms. The number of sulfone groups is 1. The molecule has 0 saturated carbocycles. The number of hydrogen-bond acceptors (Lipinski definition) is 4. The van der Waals surface area contributed by atoms with E-state index in [9.17, 15) is 8.42 Å². The summed E-state index contributed by atoms with van der Waals surface area (Å²) in [6, 6.07) is 1.28. The molecular formula is C10H15ClN2O2S. The molecule has 0 saturated heterocycles. The molecule has 1 aromatic rings. The molecule has 1 aromatic heterocycles. The fourth-order valence-corrected chi connectivity index (χ4v) is 2.23. The van der Waals surface area contributed by atoms with Crippen LogP contribution in [0.2, 0.25) is 5.02 Å². The van der Waals surface area contributed by atoms with Crippen molar-refractivity contribution in [1.82, 2.24) is 4.98 Å². The Hall–Kier alpha value is -0.650. The molecule has 6 heteroatoms. The highest BCUT2D eigenvalue weighted by atomic mass is 35.5. The minimum atomic E-state index is -3.12. The molecule has 16 heavy (non-hydrogen) atoms. The van der Waals surface area contributed by atoms with Gasteiger partial charge in [0.05, 0.1) is 10.3 Å². The first kappa shape index (κ1) is 13.4. The summed E-state index contributed by atoms with van der Waals surface area (Å²) in [4.78, 5) is 3.85. The Morgan fingerprint density at radius 2 is 2.19 bits per heavy atom. The first-order chi connectivity index (χ1) is 7.32. The van der Waals surface area contributed by atoms with E-state index in [1.54, 1.807) is 19.2 Å². The number of nitrogens with two attached hydrogens (primary N) is 1. The van der Waals surface area contributed by atoms with Gasteiger partial charge in [-0.05, 0) is 25.0 Å². The van der Waals surface area contributed by atoms with Crippen molar-refractivity contribution in [1.29, 1.82) is 0 Å². The molecule has 2 N–H and O–H groups in total. The van der Waals surface area contributed by atoms with Gasteiger partial charge in [-0.2, -0.15) is 0 Å². The smallest absolute Gasteiger partial charge is 0.151 e. The zero-order chi connectivity index (χ0) is 12.3. The summed E-state index contributed by atoms with van der Waals surface area (Å²) in [7, 11) is -3.12. The standard InChI is InChI=1S/C10H15ClN2O2S/c1-7(16(2,14)15)10(12)5-8-3-4-13-6-9(8)11/h3-4,6-7,10H,5,12H2,1-2H3. The lowest BCUT2D eigenvalue weighted by molar-refractivity contribution is 0.562. The zero-order valence-electron chi connectivity index (χ0n) is 9.22. The van der Waals surface area contributed by atoms with Gasteiger partial charge in [0, 0.05) is 24.7 Å². The van der Waals surface area contributed by atoms with Crippen LogP contribution in [0.1, 0.15) is 12.5 Å². The first-order valence-electron chi connectivity index (χ1n) is 4.85. The highest BCUT2D eigenvalue weighted by Crippen LogP contribution is 2.17. The van der Waals surface area contributed by atoms with E-state index in [1.165, 1.54) is 12.5 Å². The SMILES string of the molecule is CC(C(N)Cc1ccncc1Cl)S(C)(=O)=O.